The van der Waals surface area contributed by atoms with Crippen LogP contribution in [0.1, 0.15) is 194 Å². The third-order valence-corrected chi connectivity index (χ3v) is 8.57. The Morgan fingerprint density at radius 3 is 0.946 bits per heavy atom. The highest BCUT2D eigenvalue weighted by Gasteiger charge is 2.24. The van der Waals surface area contributed by atoms with E-state index in [1.807, 2.05) is 0 Å². The zero-order valence-corrected chi connectivity index (χ0v) is 26.1. The fourth-order valence-electron chi connectivity index (χ4n) is 6.01. The van der Waals surface area contributed by atoms with Crippen molar-refractivity contribution in [3.63, 3.8) is 0 Å². The molecule has 0 radical (unpaired) electrons. The Morgan fingerprint density at radius 2 is 0.622 bits per heavy atom. The topological polar surface area (TPSA) is 6.48 Å². The van der Waals surface area contributed by atoms with Crippen molar-refractivity contribution in [1.82, 2.24) is 9.80 Å². The Hall–Kier alpha value is -0.660. The lowest BCUT2D eigenvalue weighted by Gasteiger charge is -2.33. The summed E-state index contributed by atoms with van der Waals surface area (Å²) in [7, 11) is 0. The van der Waals surface area contributed by atoms with Crippen LogP contribution in [-0.2, 0) is 0 Å². The maximum absolute atomic E-state index is 2.69. The first-order valence-electron chi connectivity index (χ1n) is 17.5. The van der Waals surface area contributed by atoms with E-state index in [-0.39, 0.29) is 0 Å². The summed E-state index contributed by atoms with van der Waals surface area (Å²) in [5.74, 6) is 0. The zero-order chi connectivity index (χ0) is 26.7. The van der Waals surface area contributed by atoms with Gasteiger partial charge in [-0.3, -0.25) is 0 Å². The van der Waals surface area contributed by atoms with Gasteiger partial charge in [-0.2, -0.15) is 0 Å². The van der Waals surface area contributed by atoms with Gasteiger partial charge in [-0.05, 0) is 25.7 Å². The highest BCUT2D eigenvalue weighted by Crippen LogP contribution is 2.24. The molecule has 0 N–H and O–H groups in total. The molecule has 1 aliphatic rings. The van der Waals surface area contributed by atoms with Gasteiger partial charge in [0.15, 0.2) is 0 Å². The van der Waals surface area contributed by atoms with E-state index >= 15 is 0 Å². The van der Waals surface area contributed by atoms with Crippen LogP contribution in [0.5, 0.6) is 0 Å². The van der Waals surface area contributed by atoms with E-state index in [2.05, 4.69) is 43.0 Å². The van der Waals surface area contributed by atoms with Gasteiger partial charge in [-0.15, -0.1) is 0 Å². The largest absolute Gasteiger partial charge is 0.356 e. The molecule has 2 heteroatoms. The number of rotatable bonds is 29. The number of unbranched alkanes of at least 4 members (excludes halogenated alkanes) is 23. The van der Waals surface area contributed by atoms with E-state index in [4.69, 9.17) is 0 Å². The quantitative estimate of drug-likeness (QED) is 0.0908. The third-order valence-electron chi connectivity index (χ3n) is 8.57. The van der Waals surface area contributed by atoms with E-state index in [0.717, 1.165) is 0 Å². The standard InChI is InChI=1S/C35H70N2/c1-4-7-10-13-15-17-19-21-23-25-28-31-36-33-34-37(35(36)30-27-12-9-6-3)32-29-26-24-22-20-18-16-14-11-8-5-2/h33-35H,4-32H2,1-3H3. The maximum atomic E-state index is 2.69. The molecule has 0 atom stereocenters. The summed E-state index contributed by atoms with van der Waals surface area (Å²) in [6, 6.07) is 0. The van der Waals surface area contributed by atoms with Gasteiger partial charge >= 0.3 is 0 Å². The normalized spacial score (nSPS) is 13.9. The minimum absolute atomic E-state index is 0.642. The summed E-state index contributed by atoms with van der Waals surface area (Å²) in [6.45, 7) is 9.48. The van der Waals surface area contributed by atoms with E-state index < -0.39 is 0 Å². The minimum Gasteiger partial charge on any atom is -0.356 e. The average molecular weight is 519 g/mol. The SMILES string of the molecule is CCCCCCCCCCCCCN1C=CN(CCCCCCCCCCCCC)C1CCCCCC. The van der Waals surface area contributed by atoms with E-state index in [1.165, 1.54) is 186 Å². The fraction of sp³-hybridized carbons (Fsp3) is 0.943. The molecule has 220 valence electrons. The molecule has 0 saturated carbocycles. The Morgan fingerprint density at radius 1 is 0.351 bits per heavy atom. The highest BCUT2D eigenvalue weighted by molar-refractivity contribution is 4.97. The number of hydrogen-bond donors (Lipinski definition) is 0. The van der Waals surface area contributed by atoms with Crippen LogP contribution in [0.25, 0.3) is 0 Å². The predicted molar refractivity (Wildman–Crippen MR) is 168 cm³/mol. The van der Waals surface area contributed by atoms with Crippen LogP contribution in [0.4, 0.5) is 0 Å². The molecular formula is C35H70N2. The number of hydrogen-bond acceptors (Lipinski definition) is 2. The summed E-state index contributed by atoms with van der Waals surface area (Å²) < 4.78 is 0. The maximum Gasteiger partial charge on any atom is 0.101 e. The van der Waals surface area contributed by atoms with Crippen LogP contribution >= 0.6 is 0 Å². The van der Waals surface area contributed by atoms with Crippen molar-refractivity contribution in [2.75, 3.05) is 13.1 Å². The summed E-state index contributed by atoms with van der Waals surface area (Å²) in [6.07, 6.45) is 44.0. The van der Waals surface area contributed by atoms with Crippen LogP contribution in [0.3, 0.4) is 0 Å². The van der Waals surface area contributed by atoms with Gasteiger partial charge in [-0.1, -0.05) is 168 Å². The molecule has 0 aliphatic carbocycles. The molecule has 0 fully saturated rings. The molecule has 0 spiro atoms. The summed E-state index contributed by atoms with van der Waals surface area (Å²) in [5.41, 5.74) is 0. The molecule has 1 rings (SSSR count). The van der Waals surface area contributed by atoms with Crippen molar-refractivity contribution in [3.05, 3.63) is 12.4 Å². The Balaban J connectivity index is 2.14. The van der Waals surface area contributed by atoms with Crippen LogP contribution in [0.15, 0.2) is 12.4 Å². The molecule has 0 unspecified atom stereocenters. The molecule has 37 heavy (non-hydrogen) atoms. The van der Waals surface area contributed by atoms with Crippen LogP contribution in [-0.4, -0.2) is 29.1 Å². The molecule has 2 nitrogen and oxygen atoms in total. The monoisotopic (exact) mass is 519 g/mol. The van der Waals surface area contributed by atoms with Gasteiger partial charge in [0, 0.05) is 25.5 Å². The number of nitrogens with zero attached hydrogens (tertiary/aromatic N) is 2. The predicted octanol–water partition coefficient (Wildman–Crippen LogP) is 12.0. The van der Waals surface area contributed by atoms with Crippen LogP contribution in [0, 0.1) is 0 Å². The molecule has 0 aromatic carbocycles. The Bertz CT molecular complexity index is 438. The molecule has 1 aliphatic heterocycles. The molecule has 0 saturated heterocycles. The second kappa shape index (κ2) is 26.9. The van der Waals surface area contributed by atoms with E-state index in [9.17, 15) is 0 Å². The van der Waals surface area contributed by atoms with Gasteiger partial charge in [0.05, 0.1) is 0 Å². The molecule has 0 aromatic heterocycles. The first kappa shape index (κ1) is 34.4. The van der Waals surface area contributed by atoms with Crippen molar-refractivity contribution in [2.45, 2.75) is 200 Å². The van der Waals surface area contributed by atoms with Crippen molar-refractivity contribution >= 4 is 0 Å². The fourth-order valence-corrected chi connectivity index (χ4v) is 6.01. The third kappa shape index (κ3) is 20.0. The van der Waals surface area contributed by atoms with Gasteiger partial charge < -0.3 is 9.80 Å². The van der Waals surface area contributed by atoms with E-state index in [0.29, 0.717) is 6.17 Å². The minimum atomic E-state index is 0.642. The van der Waals surface area contributed by atoms with E-state index in [1.54, 1.807) is 0 Å². The molecule has 1 heterocycles. The van der Waals surface area contributed by atoms with Crippen molar-refractivity contribution in [2.24, 2.45) is 0 Å². The molecule has 0 bridgehead atoms. The van der Waals surface area contributed by atoms with Crippen molar-refractivity contribution in [3.8, 4) is 0 Å². The van der Waals surface area contributed by atoms with Crippen molar-refractivity contribution in [1.29, 1.82) is 0 Å². The van der Waals surface area contributed by atoms with Crippen LogP contribution in [0.2, 0.25) is 0 Å². The summed E-state index contributed by atoms with van der Waals surface area (Å²) in [5, 5.41) is 0. The van der Waals surface area contributed by atoms with Gasteiger partial charge in [0.25, 0.3) is 0 Å². The van der Waals surface area contributed by atoms with Crippen molar-refractivity contribution < 1.29 is 0 Å². The molecule has 0 aromatic rings. The van der Waals surface area contributed by atoms with Gasteiger partial charge in [-0.25, -0.2) is 0 Å². The summed E-state index contributed by atoms with van der Waals surface area (Å²) >= 11 is 0. The molecular weight excluding hydrogens is 448 g/mol. The first-order chi connectivity index (χ1) is 18.3. The lowest BCUT2D eigenvalue weighted by Crippen LogP contribution is -2.39. The Kier molecular flexibility index (Phi) is 25.0. The summed E-state index contributed by atoms with van der Waals surface area (Å²) in [4.78, 5) is 5.39. The lowest BCUT2D eigenvalue weighted by atomic mass is 10.1. The smallest absolute Gasteiger partial charge is 0.101 e. The second-order valence-electron chi connectivity index (χ2n) is 12.2. The lowest BCUT2D eigenvalue weighted by molar-refractivity contribution is 0.135. The van der Waals surface area contributed by atoms with Crippen LogP contribution < -0.4 is 0 Å². The van der Waals surface area contributed by atoms with Gasteiger partial charge in [0.1, 0.15) is 6.17 Å². The highest BCUT2D eigenvalue weighted by atomic mass is 15.4. The second-order valence-corrected chi connectivity index (χ2v) is 12.2. The first-order valence-corrected chi connectivity index (χ1v) is 17.5. The zero-order valence-electron chi connectivity index (χ0n) is 26.1. The average Bonchev–Trinajstić information content (AvgIpc) is 3.29. The van der Waals surface area contributed by atoms with Gasteiger partial charge in [0.2, 0.25) is 0 Å². The molecule has 0 amide bonds. The Labute approximate surface area is 235 Å².